The first-order valence-electron chi connectivity index (χ1n) is 8.96. The summed E-state index contributed by atoms with van der Waals surface area (Å²) in [5.74, 6) is -2.80. The maximum absolute atomic E-state index is 12.6. The average molecular weight is 384 g/mol. The Balaban J connectivity index is 2.18. The third-order valence-corrected chi connectivity index (χ3v) is 4.31. The van der Waals surface area contributed by atoms with E-state index in [1.54, 1.807) is 0 Å². The van der Waals surface area contributed by atoms with Gasteiger partial charge in [-0.1, -0.05) is 60.7 Å². The predicted octanol–water partition coefficient (Wildman–Crippen LogP) is 1.47. The minimum absolute atomic E-state index is 0.198. The topological polar surface area (TPSA) is 116 Å². The highest BCUT2D eigenvalue weighted by Crippen LogP contribution is 2.08. The summed E-state index contributed by atoms with van der Waals surface area (Å²) in [6, 6.07) is 15.3. The van der Waals surface area contributed by atoms with E-state index in [2.05, 4.69) is 10.6 Å². The van der Waals surface area contributed by atoms with E-state index in [0.717, 1.165) is 11.1 Å². The Bertz CT molecular complexity index is 795. The van der Waals surface area contributed by atoms with Gasteiger partial charge in [0.25, 0.3) is 0 Å². The van der Waals surface area contributed by atoms with Gasteiger partial charge in [0.15, 0.2) is 0 Å². The Hall–Kier alpha value is -3.19. The van der Waals surface area contributed by atoms with E-state index < -0.39 is 36.0 Å². The average Bonchev–Trinajstić information content (AvgIpc) is 2.68. The van der Waals surface area contributed by atoms with E-state index in [1.807, 2.05) is 60.7 Å². The second kappa shape index (κ2) is 10.2. The smallest absolute Gasteiger partial charge is 0.325 e. The van der Waals surface area contributed by atoms with Gasteiger partial charge in [0.1, 0.15) is 12.1 Å². The van der Waals surface area contributed by atoms with Crippen LogP contribution in [0.2, 0.25) is 0 Å². The molecule has 0 aliphatic rings. The molecule has 2 aromatic carbocycles. The molecule has 0 heterocycles. The number of amides is 1. The van der Waals surface area contributed by atoms with Gasteiger partial charge < -0.3 is 15.5 Å². The summed E-state index contributed by atoms with van der Waals surface area (Å²) in [6.45, 7) is 1.36. The second-order valence-electron chi connectivity index (χ2n) is 6.56. The second-order valence-corrected chi connectivity index (χ2v) is 6.56. The molecule has 3 unspecified atom stereocenters. The molecule has 1 amide bonds. The van der Waals surface area contributed by atoms with Crippen molar-refractivity contribution in [1.82, 2.24) is 10.6 Å². The Morgan fingerprint density at radius 2 is 1.25 bits per heavy atom. The van der Waals surface area contributed by atoms with Crippen molar-refractivity contribution in [1.29, 1.82) is 0 Å². The molecular weight excluding hydrogens is 360 g/mol. The van der Waals surface area contributed by atoms with Crippen molar-refractivity contribution in [3.8, 4) is 0 Å². The molecule has 148 valence electrons. The zero-order valence-corrected chi connectivity index (χ0v) is 15.5. The maximum atomic E-state index is 12.6. The summed E-state index contributed by atoms with van der Waals surface area (Å²) in [7, 11) is 0. The van der Waals surface area contributed by atoms with Crippen LogP contribution >= 0.6 is 0 Å². The molecule has 28 heavy (non-hydrogen) atoms. The number of carboxylic acid groups (broad SMARTS) is 2. The van der Waals surface area contributed by atoms with Crippen molar-refractivity contribution in [3.05, 3.63) is 71.8 Å². The molecule has 7 heteroatoms. The fourth-order valence-corrected chi connectivity index (χ4v) is 2.76. The van der Waals surface area contributed by atoms with Crippen molar-refractivity contribution < 1.29 is 24.6 Å². The van der Waals surface area contributed by atoms with Gasteiger partial charge in [0, 0.05) is 0 Å². The number of benzene rings is 2. The Morgan fingerprint density at radius 3 is 1.68 bits per heavy atom. The first kappa shape index (κ1) is 21.1. The fraction of sp³-hybridized carbons (Fsp3) is 0.286. The number of carbonyl (C=O) groups excluding carboxylic acids is 1. The summed E-state index contributed by atoms with van der Waals surface area (Å²) in [5, 5.41) is 24.0. The molecule has 4 N–H and O–H groups in total. The van der Waals surface area contributed by atoms with E-state index in [4.69, 9.17) is 5.11 Å². The van der Waals surface area contributed by atoms with Crippen LogP contribution in [-0.4, -0.2) is 46.2 Å². The van der Waals surface area contributed by atoms with Crippen LogP contribution in [0.3, 0.4) is 0 Å². The van der Waals surface area contributed by atoms with E-state index in [-0.39, 0.29) is 12.8 Å². The van der Waals surface area contributed by atoms with Crippen LogP contribution in [0.1, 0.15) is 18.1 Å². The number of carboxylic acids is 2. The third kappa shape index (κ3) is 6.51. The molecule has 2 rings (SSSR count). The summed E-state index contributed by atoms with van der Waals surface area (Å²) < 4.78 is 0. The van der Waals surface area contributed by atoms with E-state index >= 15 is 0 Å². The first-order chi connectivity index (χ1) is 13.4. The molecule has 0 saturated heterocycles. The third-order valence-electron chi connectivity index (χ3n) is 4.31. The lowest BCUT2D eigenvalue weighted by atomic mass is 10.0. The van der Waals surface area contributed by atoms with Crippen LogP contribution in [0.25, 0.3) is 0 Å². The summed E-state index contributed by atoms with van der Waals surface area (Å²) in [5.41, 5.74) is 1.65. The van der Waals surface area contributed by atoms with Gasteiger partial charge >= 0.3 is 11.9 Å². The maximum Gasteiger partial charge on any atom is 0.325 e. The van der Waals surface area contributed by atoms with Crippen molar-refractivity contribution >= 4 is 17.8 Å². The lowest BCUT2D eigenvalue weighted by Gasteiger charge is -2.24. The zero-order chi connectivity index (χ0) is 20.5. The van der Waals surface area contributed by atoms with Gasteiger partial charge in [0.2, 0.25) is 5.91 Å². The van der Waals surface area contributed by atoms with Crippen LogP contribution in [0.5, 0.6) is 0 Å². The van der Waals surface area contributed by atoms with Gasteiger partial charge in [0.05, 0.1) is 6.04 Å². The van der Waals surface area contributed by atoms with Crippen LogP contribution < -0.4 is 10.6 Å². The molecule has 0 bridgehead atoms. The number of hydrogen-bond acceptors (Lipinski definition) is 4. The van der Waals surface area contributed by atoms with E-state index in [9.17, 15) is 19.5 Å². The van der Waals surface area contributed by atoms with Crippen molar-refractivity contribution in [3.63, 3.8) is 0 Å². The monoisotopic (exact) mass is 384 g/mol. The van der Waals surface area contributed by atoms with Crippen molar-refractivity contribution in [2.45, 2.75) is 37.9 Å². The quantitative estimate of drug-likeness (QED) is 0.493. The number of nitrogens with one attached hydrogen (secondary N) is 2. The van der Waals surface area contributed by atoms with Gasteiger partial charge in [-0.15, -0.1) is 0 Å². The van der Waals surface area contributed by atoms with Crippen LogP contribution in [-0.2, 0) is 27.2 Å². The molecule has 0 radical (unpaired) electrons. The van der Waals surface area contributed by atoms with Crippen molar-refractivity contribution in [2.75, 3.05) is 0 Å². The predicted molar refractivity (Wildman–Crippen MR) is 104 cm³/mol. The van der Waals surface area contributed by atoms with Crippen molar-refractivity contribution in [2.24, 2.45) is 0 Å². The minimum atomic E-state index is -1.16. The van der Waals surface area contributed by atoms with Gasteiger partial charge in [-0.25, -0.2) is 0 Å². The van der Waals surface area contributed by atoms with E-state index in [1.165, 1.54) is 6.92 Å². The van der Waals surface area contributed by atoms with E-state index in [0.29, 0.717) is 0 Å². The Labute approximate surface area is 163 Å². The molecule has 2 aromatic rings. The highest BCUT2D eigenvalue weighted by Gasteiger charge is 2.28. The SMILES string of the molecule is CC(NC(=O)C(Cc1ccccc1)NC(Cc1ccccc1)C(=O)O)C(=O)O. The molecule has 7 nitrogen and oxygen atoms in total. The molecule has 0 aliphatic carbocycles. The molecule has 3 atom stereocenters. The number of rotatable bonds is 10. The highest BCUT2D eigenvalue weighted by atomic mass is 16.4. The fourth-order valence-electron chi connectivity index (χ4n) is 2.76. The summed E-state index contributed by atoms with van der Waals surface area (Å²) >= 11 is 0. The highest BCUT2D eigenvalue weighted by molar-refractivity contribution is 5.87. The summed E-state index contributed by atoms with van der Waals surface area (Å²) in [4.78, 5) is 35.5. The molecule has 0 aromatic heterocycles. The Morgan fingerprint density at radius 1 is 0.786 bits per heavy atom. The lowest BCUT2D eigenvalue weighted by Crippen LogP contribution is -2.55. The molecule has 0 aliphatic heterocycles. The van der Waals surface area contributed by atoms with Crippen LogP contribution in [0.4, 0.5) is 0 Å². The minimum Gasteiger partial charge on any atom is -0.480 e. The van der Waals surface area contributed by atoms with Gasteiger partial charge in [-0.2, -0.15) is 0 Å². The largest absolute Gasteiger partial charge is 0.480 e. The normalized spacial score (nSPS) is 13.9. The molecular formula is C21H24N2O5. The van der Waals surface area contributed by atoms with Gasteiger partial charge in [-0.3, -0.25) is 19.7 Å². The lowest BCUT2D eigenvalue weighted by molar-refractivity contribution is -0.142. The number of carbonyl (C=O) groups is 3. The standard InChI is InChI=1S/C21H24N2O5/c1-14(20(25)26)22-19(24)17(12-15-8-4-2-5-9-15)23-18(21(27)28)13-16-10-6-3-7-11-16/h2-11,14,17-18,23H,12-13H2,1H3,(H,22,24)(H,25,26)(H,27,28). The molecule has 0 spiro atoms. The van der Waals surface area contributed by atoms with Gasteiger partial charge in [-0.05, 0) is 30.9 Å². The zero-order valence-electron chi connectivity index (χ0n) is 15.5. The summed E-state index contributed by atoms with van der Waals surface area (Å²) in [6.07, 6.45) is 0.431. The Kier molecular flexibility index (Phi) is 7.71. The first-order valence-corrected chi connectivity index (χ1v) is 8.96. The molecule has 0 fully saturated rings. The number of hydrogen-bond donors (Lipinski definition) is 4. The number of aliphatic carboxylic acids is 2. The van der Waals surface area contributed by atoms with Crippen LogP contribution in [0.15, 0.2) is 60.7 Å². The molecule has 0 saturated carbocycles. The van der Waals surface area contributed by atoms with Crippen LogP contribution in [0, 0.1) is 0 Å².